The first-order valence-corrected chi connectivity index (χ1v) is 6.63. The van der Waals surface area contributed by atoms with Crippen molar-refractivity contribution >= 4 is 5.97 Å². The third-order valence-corrected chi connectivity index (χ3v) is 3.75. The fraction of sp³-hybridized carbons (Fsp3) is 0.917. The highest BCUT2D eigenvalue weighted by molar-refractivity contribution is 5.69. The maximum atomic E-state index is 10.6. The summed E-state index contributed by atoms with van der Waals surface area (Å²) in [6, 6.07) is 0. The second-order valence-corrected chi connectivity index (χ2v) is 5.06. The molecule has 2 saturated heterocycles. The highest BCUT2D eigenvalue weighted by Gasteiger charge is 2.19. The minimum atomic E-state index is -0.712. The molecule has 5 nitrogen and oxygen atoms in total. The standard InChI is InChI=1S/C12H23N3O2/c16-12(17)11-15-9-7-14(8-10-15)6-5-13-3-1-2-4-13/h1-11H2,(H,16,17). The molecule has 2 rings (SSSR count). The molecule has 5 heteroatoms. The van der Waals surface area contributed by atoms with Gasteiger partial charge in [0.15, 0.2) is 0 Å². The van der Waals surface area contributed by atoms with Gasteiger partial charge in [-0.3, -0.25) is 14.6 Å². The van der Waals surface area contributed by atoms with Crippen molar-refractivity contribution in [2.24, 2.45) is 0 Å². The number of piperazine rings is 1. The van der Waals surface area contributed by atoms with Crippen molar-refractivity contribution in [1.29, 1.82) is 0 Å². The Morgan fingerprint density at radius 2 is 1.29 bits per heavy atom. The lowest BCUT2D eigenvalue weighted by atomic mass is 10.3. The van der Waals surface area contributed by atoms with Crippen LogP contribution in [0, 0.1) is 0 Å². The van der Waals surface area contributed by atoms with Crippen LogP contribution in [0.3, 0.4) is 0 Å². The van der Waals surface area contributed by atoms with Crippen LogP contribution in [0.2, 0.25) is 0 Å². The smallest absolute Gasteiger partial charge is 0.317 e. The zero-order chi connectivity index (χ0) is 12.1. The first-order valence-electron chi connectivity index (χ1n) is 6.63. The van der Waals surface area contributed by atoms with Gasteiger partial charge in [0.1, 0.15) is 0 Å². The van der Waals surface area contributed by atoms with E-state index in [0.29, 0.717) is 0 Å². The van der Waals surface area contributed by atoms with Crippen LogP contribution in [0.5, 0.6) is 0 Å². The molecule has 0 radical (unpaired) electrons. The summed E-state index contributed by atoms with van der Waals surface area (Å²) in [5.74, 6) is -0.712. The molecule has 0 bridgehead atoms. The van der Waals surface area contributed by atoms with Gasteiger partial charge in [-0.1, -0.05) is 0 Å². The lowest BCUT2D eigenvalue weighted by molar-refractivity contribution is -0.138. The van der Waals surface area contributed by atoms with Crippen molar-refractivity contribution < 1.29 is 9.90 Å². The molecule has 2 fully saturated rings. The van der Waals surface area contributed by atoms with E-state index in [4.69, 9.17) is 5.11 Å². The van der Waals surface area contributed by atoms with Gasteiger partial charge in [-0.25, -0.2) is 0 Å². The molecule has 0 aromatic heterocycles. The second kappa shape index (κ2) is 6.33. The Kier molecular flexibility index (Phi) is 4.76. The molecule has 2 heterocycles. The predicted molar refractivity (Wildman–Crippen MR) is 66.2 cm³/mol. The normalized spacial score (nSPS) is 24.2. The molecule has 0 saturated carbocycles. The number of carboxylic acids is 1. The molecule has 0 aliphatic carbocycles. The van der Waals surface area contributed by atoms with E-state index in [-0.39, 0.29) is 6.54 Å². The second-order valence-electron chi connectivity index (χ2n) is 5.06. The van der Waals surface area contributed by atoms with Crippen molar-refractivity contribution in [2.75, 3.05) is 58.9 Å². The van der Waals surface area contributed by atoms with Crippen molar-refractivity contribution in [3.8, 4) is 0 Å². The number of likely N-dealkylation sites (tertiary alicyclic amines) is 1. The van der Waals surface area contributed by atoms with E-state index in [0.717, 1.165) is 32.7 Å². The average molecular weight is 241 g/mol. The minimum absolute atomic E-state index is 0.194. The SMILES string of the molecule is O=C(O)CN1CCN(CCN2CCCC2)CC1. The fourth-order valence-electron chi connectivity index (χ4n) is 2.65. The molecule has 0 aromatic carbocycles. The zero-order valence-electron chi connectivity index (χ0n) is 10.5. The monoisotopic (exact) mass is 241 g/mol. The van der Waals surface area contributed by atoms with Crippen LogP contribution < -0.4 is 0 Å². The Morgan fingerprint density at radius 3 is 1.82 bits per heavy atom. The molecule has 98 valence electrons. The van der Waals surface area contributed by atoms with E-state index in [1.54, 1.807) is 0 Å². The van der Waals surface area contributed by atoms with Gasteiger partial charge in [-0.2, -0.15) is 0 Å². The van der Waals surface area contributed by atoms with Crippen LogP contribution in [0.25, 0.3) is 0 Å². The van der Waals surface area contributed by atoms with Gasteiger partial charge in [0.2, 0.25) is 0 Å². The van der Waals surface area contributed by atoms with Gasteiger partial charge in [-0.05, 0) is 25.9 Å². The molecule has 0 atom stereocenters. The van der Waals surface area contributed by atoms with Gasteiger partial charge >= 0.3 is 5.97 Å². The van der Waals surface area contributed by atoms with Gasteiger partial charge < -0.3 is 10.0 Å². The molecule has 0 aromatic rings. The Balaban J connectivity index is 1.60. The number of aliphatic carboxylic acids is 1. The maximum absolute atomic E-state index is 10.6. The van der Waals surface area contributed by atoms with Crippen molar-refractivity contribution in [3.63, 3.8) is 0 Å². The molecule has 17 heavy (non-hydrogen) atoms. The number of hydrogen-bond acceptors (Lipinski definition) is 4. The summed E-state index contributed by atoms with van der Waals surface area (Å²) in [6.45, 7) is 8.86. The Bertz CT molecular complexity index is 246. The molecule has 0 amide bonds. The van der Waals surface area contributed by atoms with Gasteiger partial charge in [0.25, 0.3) is 0 Å². The van der Waals surface area contributed by atoms with Crippen molar-refractivity contribution in [1.82, 2.24) is 14.7 Å². The Morgan fingerprint density at radius 1 is 0.824 bits per heavy atom. The van der Waals surface area contributed by atoms with Crippen molar-refractivity contribution in [2.45, 2.75) is 12.8 Å². The summed E-state index contributed by atoms with van der Waals surface area (Å²) in [5.41, 5.74) is 0. The number of hydrogen-bond donors (Lipinski definition) is 1. The third kappa shape index (κ3) is 4.26. The van der Waals surface area contributed by atoms with E-state index in [1.165, 1.54) is 32.5 Å². The van der Waals surface area contributed by atoms with Crippen LogP contribution >= 0.6 is 0 Å². The molecule has 2 aliphatic heterocycles. The summed E-state index contributed by atoms with van der Waals surface area (Å²) in [7, 11) is 0. The van der Waals surface area contributed by atoms with E-state index in [9.17, 15) is 4.79 Å². The minimum Gasteiger partial charge on any atom is -0.480 e. The van der Waals surface area contributed by atoms with Crippen LogP contribution in [0.1, 0.15) is 12.8 Å². The zero-order valence-corrected chi connectivity index (χ0v) is 10.5. The molecular weight excluding hydrogens is 218 g/mol. The first-order chi connectivity index (χ1) is 8.24. The quantitative estimate of drug-likeness (QED) is 0.721. The van der Waals surface area contributed by atoms with Crippen LogP contribution in [-0.4, -0.2) is 84.7 Å². The van der Waals surface area contributed by atoms with Crippen LogP contribution in [0.15, 0.2) is 0 Å². The fourth-order valence-corrected chi connectivity index (χ4v) is 2.65. The number of rotatable bonds is 5. The average Bonchev–Trinajstić information content (AvgIpc) is 2.80. The summed E-state index contributed by atoms with van der Waals surface area (Å²) >= 11 is 0. The first kappa shape index (κ1) is 12.8. The molecule has 0 unspecified atom stereocenters. The van der Waals surface area contributed by atoms with Gasteiger partial charge in [-0.15, -0.1) is 0 Å². The summed E-state index contributed by atoms with van der Waals surface area (Å²) in [6.07, 6.45) is 2.71. The van der Waals surface area contributed by atoms with Gasteiger partial charge in [0.05, 0.1) is 6.54 Å². The van der Waals surface area contributed by atoms with E-state index >= 15 is 0 Å². The maximum Gasteiger partial charge on any atom is 0.317 e. The molecule has 0 spiro atoms. The Hall–Kier alpha value is -0.650. The number of nitrogens with zero attached hydrogens (tertiary/aromatic N) is 3. The largest absolute Gasteiger partial charge is 0.480 e. The lowest BCUT2D eigenvalue weighted by Gasteiger charge is -2.34. The highest BCUT2D eigenvalue weighted by Crippen LogP contribution is 2.07. The molecular formula is C12H23N3O2. The third-order valence-electron chi connectivity index (χ3n) is 3.75. The van der Waals surface area contributed by atoms with E-state index in [1.807, 2.05) is 4.90 Å². The number of carboxylic acid groups (broad SMARTS) is 1. The summed E-state index contributed by atoms with van der Waals surface area (Å²) < 4.78 is 0. The summed E-state index contributed by atoms with van der Waals surface area (Å²) in [4.78, 5) is 17.6. The lowest BCUT2D eigenvalue weighted by Crippen LogP contribution is -2.49. The number of carbonyl (C=O) groups is 1. The van der Waals surface area contributed by atoms with E-state index in [2.05, 4.69) is 9.80 Å². The van der Waals surface area contributed by atoms with Crippen molar-refractivity contribution in [3.05, 3.63) is 0 Å². The van der Waals surface area contributed by atoms with Gasteiger partial charge in [0, 0.05) is 39.3 Å². The summed E-state index contributed by atoms with van der Waals surface area (Å²) in [5, 5.41) is 8.72. The Labute approximate surface area is 103 Å². The highest BCUT2D eigenvalue weighted by atomic mass is 16.4. The van der Waals surface area contributed by atoms with E-state index < -0.39 is 5.97 Å². The topological polar surface area (TPSA) is 47.0 Å². The predicted octanol–water partition coefficient (Wildman–Crippen LogP) is -0.216. The van der Waals surface area contributed by atoms with Crippen LogP contribution in [-0.2, 0) is 4.79 Å². The van der Waals surface area contributed by atoms with Crippen LogP contribution in [0.4, 0.5) is 0 Å². The molecule has 2 aliphatic rings. The molecule has 1 N–H and O–H groups in total.